The summed E-state index contributed by atoms with van der Waals surface area (Å²) in [6.07, 6.45) is 5.74. The van der Waals surface area contributed by atoms with E-state index in [1.807, 2.05) is 50.2 Å². The predicted molar refractivity (Wildman–Crippen MR) is 138 cm³/mol. The van der Waals surface area contributed by atoms with Crippen molar-refractivity contribution in [2.45, 2.75) is 26.2 Å². The van der Waals surface area contributed by atoms with E-state index in [2.05, 4.69) is 30.1 Å². The molecule has 1 aliphatic rings. The van der Waals surface area contributed by atoms with Crippen LogP contribution in [0.5, 0.6) is 0 Å². The molecule has 180 valence electrons. The number of piperazine rings is 1. The zero-order chi connectivity index (χ0) is 24.2. The second-order valence-corrected chi connectivity index (χ2v) is 9.51. The number of ether oxygens (including phenoxy) is 1. The second-order valence-electron chi connectivity index (χ2n) is 8.53. The first-order chi connectivity index (χ1) is 17.1. The normalized spacial score (nSPS) is 15.5. The molecule has 1 saturated heterocycles. The number of hydrogen-bond donors (Lipinski definition) is 1. The average molecular weight is 490 g/mol. The lowest BCUT2D eigenvalue weighted by Crippen LogP contribution is -2.52. The molecule has 1 fully saturated rings. The molecule has 1 aliphatic heterocycles. The highest BCUT2D eigenvalue weighted by atomic mass is 32.1. The van der Waals surface area contributed by atoms with Crippen molar-refractivity contribution in [1.82, 2.24) is 24.8 Å². The van der Waals surface area contributed by atoms with Gasteiger partial charge in [-0.15, -0.1) is 0 Å². The van der Waals surface area contributed by atoms with E-state index in [4.69, 9.17) is 9.72 Å². The number of hydrogen-bond acceptors (Lipinski definition) is 10. The number of rotatable bonds is 8. The van der Waals surface area contributed by atoms with Crippen molar-refractivity contribution in [2.24, 2.45) is 0 Å². The largest absolute Gasteiger partial charge is 0.369 e. The molecule has 0 saturated carbocycles. The van der Waals surface area contributed by atoms with Crippen molar-refractivity contribution in [3.63, 3.8) is 0 Å². The number of thiazole rings is 1. The Bertz CT molecular complexity index is 1290. The molecule has 0 aliphatic carbocycles. The van der Waals surface area contributed by atoms with E-state index in [-0.39, 0.29) is 6.10 Å². The summed E-state index contributed by atoms with van der Waals surface area (Å²) in [5.74, 6) is 0.729. The molecule has 9 nitrogen and oxygen atoms in total. The summed E-state index contributed by atoms with van der Waals surface area (Å²) in [5, 5.41) is 4.08. The molecule has 0 bridgehead atoms. The van der Waals surface area contributed by atoms with Gasteiger partial charge in [-0.05, 0) is 44.2 Å². The van der Waals surface area contributed by atoms with Gasteiger partial charge >= 0.3 is 0 Å². The molecular formula is C25H27N7O2S. The van der Waals surface area contributed by atoms with Crippen molar-refractivity contribution in [3.05, 3.63) is 55.0 Å². The average Bonchev–Trinajstić information content (AvgIpc) is 3.29. The molecule has 5 heterocycles. The molecule has 4 aromatic rings. The van der Waals surface area contributed by atoms with Crippen LogP contribution in [0, 0.1) is 0 Å². The number of anilines is 3. The Morgan fingerprint density at radius 2 is 1.83 bits per heavy atom. The van der Waals surface area contributed by atoms with Crippen molar-refractivity contribution in [3.8, 4) is 11.3 Å². The number of nitrogens with one attached hydrogen (secondary N) is 1. The first-order valence-electron chi connectivity index (χ1n) is 11.6. The van der Waals surface area contributed by atoms with Crippen LogP contribution in [0.25, 0.3) is 21.6 Å². The van der Waals surface area contributed by atoms with Crippen LogP contribution < -0.4 is 10.2 Å². The molecule has 10 heteroatoms. The van der Waals surface area contributed by atoms with Gasteiger partial charge < -0.3 is 15.0 Å². The minimum Gasteiger partial charge on any atom is -0.369 e. The van der Waals surface area contributed by atoms with Gasteiger partial charge in [0.15, 0.2) is 17.6 Å². The van der Waals surface area contributed by atoms with Crippen LogP contribution in [-0.2, 0) is 9.53 Å². The summed E-state index contributed by atoms with van der Waals surface area (Å²) in [7, 11) is 0. The Hall–Kier alpha value is -3.47. The summed E-state index contributed by atoms with van der Waals surface area (Å²) < 4.78 is 5.73. The Morgan fingerprint density at radius 1 is 1.03 bits per heavy atom. The lowest BCUT2D eigenvalue weighted by atomic mass is 10.2. The lowest BCUT2D eigenvalue weighted by molar-refractivity contribution is -0.137. The van der Waals surface area contributed by atoms with Crippen LogP contribution in [0.2, 0.25) is 0 Å². The van der Waals surface area contributed by atoms with E-state index < -0.39 is 6.23 Å². The number of pyridine rings is 3. The summed E-state index contributed by atoms with van der Waals surface area (Å²) in [6, 6.07) is 11.9. The van der Waals surface area contributed by atoms with Gasteiger partial charge in [-0.25, -0.2) is 15.0 Å². The first kappa shape index (κ1) is 23.3. The molecule has 0 amide bonds. The van der Waals surface area contributed by atoms with Gasteiger partial charge in [0.2, 0.25) is 0 Å². The smallest absolute Gasteiger partial charge is 0.190 e. The highest BCUT2D eigenvalue weighted by molar-refractivity contribution is 7.21. The third-order valence-electron chi connectivity index (χ3n) is 5.78. The van der Waals surface area contributed by atoms with E-state index >= 15 is 0 Å². The van der Waals surface area contributed by atoms with Gasteiger partial charge in [0, 0.05) is 62.1 Å². The maximum absolute atomic E-state index is 11.5. The molecule has 0 aromatic carbocycles. The van der Waals surface area contributed by atoms with Gasteiger partial charge in [-0.3, -0.25) is 14.7 Å². The summed E-state index contributed by atoms with van der Waals surface area (Å²) in [5.41, 5.74) is 3.84. The van der Waals surface area contributed by atoms with Gasteiger partial charge in [-0.1, -0.05) is 11.3 Å². The Balaban J connectivity index is 1.26. The minimum atomic E-state index is -0.487. The third-order valence-corrected chi connectivity index (χ3v) is 6.66. The minimum absolute atomic E-state index is 0.0111. The first-order valence-corrected chi connectivity index (χ1v) is 12.4. The van der Waals surface area contributed by atoms with Gasteiger partial charge in [0.05, 0.1) is 11.8 Å². The SMILES string of the molecule is CC(C)OC(C=O)N1CCN(c2ccnc(Nc3nc4ccc(-c5ccncc5)nc4s3)c2)CC1. The standard InChI is InChI=1S/C25H27N7O2S/c1-17(2)34-23(16-33)32-13-11-31(12-14-32)19-7-10-27-22(15-19)30-25-29-21-4-3-20(28-24(21)35-25)18-5-8-26-9-6-18/h3-10,15-17,23H,11-14H2,1-2H3,(H,27,29,30). The van der Waals surface area contributed by atoms with E-state index in [1.54, 1.807) is 18.6 Å². The molecule has 35 heavy (non-hydrogen) atoms. The molecule has 0 spiro atoms. The van der Waals surface area contributed by atoms with Crippen LogP contribution in [0.4, 0.5) is 16.6 Å². The van der Waals surface area contributed by atoms with Crippen molar-refractivity contribution >= 4 is 44.6 Å². The zero-order valence-electron chi connectivity index (χ0n) is 19.7. The Morgan fingerprint density at radius 3 is 2.57 bits per heavy atom. The maximum Gasteiger partial charge on any atom is 0.190 e. The topological polar surface area (TPSA) is 96.4 Å². The molecule has 1 unspecified atom stereocenters. The monoisotopic (exact) mass is 489 g/mol. The Labute approximate surface area is 207 Å². The number of aromatic nitrogens is 4. The highest BCUT2D eigenvalue weighted by Gasteiger charge is 2.25. The molecule has 0 radical (unpaired) electrons. The second kappa shape index (κ2) is 10.4. The number of aldehydes is 1. The third kappa shape index (κ3) is 5.45. The van der Waals surface area contributed by atoms with Crippen molar-refractivity contribution in [1.29, 1.82) is 0 Å². The fraction of sp³-hybridized carbons (Fsp3) is 0.320. The molecule has 5 rings (SSSR count). The molecule has 1 atom stereocenters. The fourth-order valence-corrected chi connectivity index (χ4v) is 4.91. The van der Waals surface area contributed by atoms with Crippen LogP contribution >= 0.6 is 11.3 Å². The van der Waals surface area contributed by atoms with Gasteiger partial charge in [0.1, 0.15) is 16.2 Å². The summed E-state index contributed by atoms with van der Waals surface area (Å²) in [6.45, 7) is 7.00. The van der Waals surface area contributed by atoms with Gasteiger partial charge in [-0.2, -0.15) is 0 Å². The van der Waals surface area contributed by atoms with Crippen LogP contribution in [0.15, 0.2) is 55.0 Å². The number of fused-ring (bicyclic) bond motifs is 1. The maximum atomic E-state index is 11.5. The molecular weight excluding hydrogens is 462 g/mol. The molecule has 4 aromatic heterocycles. The van der Waals surface area contributed by atoms with Crippen molar-refractivity contribution in [2.75, 3.05) is 36.4 Å². The quantitative estimate of drug-likeness (QED) is 0.369. The fourth-order valence-electron chi connectivity index (χ4n) is 4.07. The van der Waals surface area contributed by atoms with Crippen molar-refractivity contribution < 1.29 is 9.53 Å². The highest BCUT2D eigenvalue weighted by Crippen LogP contribution is 2.30. The number of carbonyl (C=O) groups excluding carboxylic acids is 1. The Kier molecular flexibility index (Phi) is 6.94. The predicted octanol–water partition coefficient (Wildman–Crippen LogP) is 3.96. The van der Waals surface area contributed by atoms with E-state index in [0.717, 1.165) is 70.7 Å². The molecule has 1 N–H and O–H groups in total. The van der Waals surface area contributed by atoms with Crippen LogP contribution in [-0.4, -0.2) is 69.6 Å². The summed E-state index contributed by atoms with van der Waals surface area (Å²) >= 11 is 1.50. The zero-order valence-corrected chi connectivity index (χ0v) is 20.5. The van der Waals surface area contributed by atoms with Gasteiger partial charge in [0.25, 0.3) is 0 Å². The van der Waals surface area contributed by atoms with E-state index in [9.17, 15) is 4.79 Å². The van der Waals surface area contributed by atoms with Crippen LogP contribution in [0.1, 0.15) is 13.8 Å². The van der Waals surface area contributed by atoms with E-state index in [1.165, 1.54) is 11.3 Å². The van der Waals surface area contributed by atoms with E-state index in [0.29, 0.717) is 0 Å². The number of carbonyl (C=O) groups is 1. The van der Waals surface area contributed by atoms with Crippen LogP contribution in [0.3, 0.4) is 0 Å². The summed E-state index contributed by atoms with van der Waals surface area (Å²) in [4.78, 5) is 34.7. The number of nitrogens with zero attached hydrogens (tertiary/aromatic N) is 6. The lowest BCUT2D eigenvalue weighted by Gasteiger charge is -2.38.